The Morgan fingerprint density at radius 3 is 1.97 bits per heavy atom. The lowest BCUT2D eigenvalue weighted by Gasteiger charge is -2.23. The van der Waals surface area contributed by atoms with Crippen LogP contribution in [-0.2, 0) is 35.2 Å². The van der Waals surface area contributed by atoms with Crippen molar-refractivity contribution in [3.8, 4) is 5.75 Å². The van der Waals surface area contributed by atoms with Gasteiger partial charge in [0.2, 0.25) is 23.6 Å². The van der Waals surface area contributed by atoms with Crippen LogP contribution in [0.1, 0.15) is 31.7 Å². The summed E-state index contributed by atoms with van der Waals surface area (Å²) in [7, 11) is 0. The SMILES string of the molecule is CC(NC(=O)C(N)CCC(=O)O)C(=O)NC(CC(N)=O)C(=O)NC(Cc1ccc(O)cc1)C(=O)O. The number of carboxylic acid groups (broad SMARTS) is 2. The predicted molar refractivity (Wildman–Crippen MR) is 120 cm³/mol. The van der Waals surface area contributed by atoms with E-state index in [1.807, 2.05) is 0 Å². The van der Waals surface area contributed by atoms with Crippen molar-refractivity contribution in [2.45, 2.75) is 56.8 Å². The molecule has 0 saturated heterocycles. The van der Waals surface area contributed by atoms with Crippen molar-refractivity contribution in [2.75, 3.05) is 0 Å². The Balaban J connectivity index is 2.83. The molecule has 10 N–H and O–H groups in total. The molecule has 0 heterocycles. The average molecular weight is 495 g/mol. The molecule has 4 atom stereocenters. The molecular formula is C21H29N5O9. The zero-order chi connectivity index (χ0) is 26.7. The van der Waals surface area contributed by atoms with Gasteiger partial charge in [0, 0.05) is 12.8 Å². The minimum atomic E-state index is -1.54. The Labute approximate surface area is 200 Å². The highest BCUT2D eigenvalue weighted by Crippen LogP contribution is 2.11. The van der Waals surface area contributed by atoms with Crippen LogP contribution in [0.15, 0.2) is 24.3 Å². The second kappa shape index (κ2) is 13.5. The van der Waals surface area contributed by atoms with Gasteiger partial charge in [0.15, 0.2) is 0 Å². The van der Waals surface area contributed by atoms with E-state index < -0.39 is 66.2 Å². The maximum absolute atomic E-state index is 12.7. The first-order valence-electron chi connectivity index (χ1n) is 10.5. The van der Waals surface area contributed by atoms with E-state index in [0.29, 0.717) is 5.56 Å². The van der Waals surface area contributed by atoms with E-state index in [4.69, 9.17) is 16.6 Å². The number of nitrogens with one attached hydrogen (secondary N) is 3. The summed E-state index contributed by atoms with van der Waals surface area (Å²) in [5, 5.41) is 34.2. The molecule has 0 spiro atoms. The maximum Gasteiger partial charge on any atom is 0.326 e. The second-order valence-electron chi connectivity index (χ2n) is 7.77. The Bertz CT molecular complexity index is 951. The van der Waals surface area contributed by atoms with Gasteiger partial charge in [-0.2, -0.15) is 0 Å². The topological polar surface area (TPSA) is 251 Å². The van der Waals surface area contributed by atoms with Gasteiger partial charge in [-0.25, -0.2) is 4.79 Å². The molecule has 0 aliphatic rings. The largest absolute Gasteiger partial charge is 0.508 e. The molecule has 0 bridgehead atoms. The van der Waals surface area contributed by atoms with Crippen LogP contribution in [0.4, 0.5) is 0 Å². The number of primary amides is 1. The summed E-state index contributed by atoms with van der Waals surface area (Å²) in [6.45, 7) is 1.27. The van der Waals surface area contributed by atoms with Crippen LogP contribution >= 0.6 is 0 Å². The summed E-state index contributed by atoms with van der Waals surface area (Å²) >= 11 is 0. The van der Waals surface area contributed by atoms with E-state index in [1.165, 1.54) is 31.2 Å². The van der Waals surface area contributed by atoms with Crippen molar-refractivity contribution in [1.29, 1.82) is 0 Å². The first-order valence-corrected chi connectivity index (χ1v) is 10.5. The number of aromatic hydroxyl groups is 1. The average Bonchev–Trinajstić information content (AvgIpc) is 2.77. The van der Waals surface area contributed by atoms with Gasteiger partial charge >= 0.3 is 11.9 Å². The summed E-state index contributed by atoms with van der Waals surface area (Å²) in [6.07, 6.45) is -1.33. The molecule has 0 aliphatic heterocycles. The summed E-state index contributed by atoms with van der Waals surface area (Å²) in [6, 6.07) is 0.226. The fourth-order valence-corrected chi connectivity index (χ4v) is 2.84. The molecule has 1 aromatic rings. The zero-order valence-corrected chi connectivity index (χ0v) is 18.9. The van der Waals surface area contributed by atoms with Crippen LogP contribution in [-0.4, -0.2) is 75.1 Å². The van der Waals surface area contributed by atoms with Crippen LogP contribution in [0.5, 0.6) is 5.75 Å². The third-order valence-corrected chi connectivity index (χ3v) is 4.79. The third-order valence-electron chi connectivity index (χ3n) is 4.79. The summed E-state index contributed by atoms with van der Waals surface area (Å²) < 4.78 is 0. The number of hydrogen-bond acceptors (Lipinski definition) is 8. The quantitative estimate of drug-likeness (QED) is 0.135. The monoisotopic (exact) mass is 495 g/mol. The van der Waals surface area contributed by atoms with Gasteiger partial charge in [-0.05, 0) is 31.0 Å². The van der Waals surface area contributed by atoms with Gasteiger partial charge in [0.1, 0.15) is 23.9 Å². The number of phenols is 1. The molecule has 0 radical (unpaired) electrons. The van der Waals surface area contributed by atoms with Crippen LogP contribution in [0.2, 0.25) is 0 Å². The second-order valence-corrected chi connectivity index (χ2v) is 7.77. The number of nitrogens with two attached hydrogens (primary N) is 2. The minimum absolute atomic E-state index is 0.0297. The molecule has 0 fully saturated rings. The highest BCUT2D eigenvalue weighted by Gasteiger charge is 2.30. The van der Waals surface area contributed by atoms with Crippen molar-refractivity contribution in [3.63, 3.8) is 0 Å². The van der Waals surface area contributed by atoms with Gasteiger partial charge in [0.25, 0.3) is 0 Å². The molecule has 0 aliphatic carbocycles. The summed E-state index contributed by atoms with van der Waals surface area (Å²) in [5.74, 6) is -6.21. The fourth-order valence-electron chi connectivity index (χ4n) is 2.84. The Morgan fingerprint density at radius 1 is 0.886 bits per heavy atom. The minimum Gasteiger partial charge on any atom is -0.508 e. The van der Waals surface area contributed by atoms with E-state index in [-0.39, 0.29) is 25.0 Å². The molecule has 4 unspecified atom stereocenters. The van der Waals surface area contributed by atoms with E-state index in [9.17, 15) is 39.0 Å². The van der Waals surface area contributed by atoms with Crippen LogP contribution in [0.25, 0.3) is 0 Å². The first-order chi connectivity index (χ1) is 16.3. The third kappa shape index (κ3) is 10.5. The number of benzene rings is 1. The molecule has 0 aromatic heterocycles. The Hall–Kier alpha value is -4.20. The van der Waals surface area contributed by atoms with E-state index in [1.54, 1.807) is 0 Å². The molecule has 1 rings (SSSR count). The molecule has 1 aromatic carbocycles. The first kappa shape index (κ1) is 28.8. The zero-order valence-electron chi connectivity index (χ0n) is 18.9. The van der Waals surface area contributed by atoms with Gasteiger partial charge in [-0.3, -0.25) is 24.0 Å². The standard InChI is InChI=1S/C21H29N5O9/c1-10(24-19(32)13(22)6-7-17(29)30)18(31)25-14(9-16(23)28)20(33)26-15(21(34)35)8-11-2-4-12(27)5-3-11/h2-5,10,13-15,27H,6-9,22H2,1H3,(H2,23,28)(H,24,32)(H,25,31)(H,26,33)(H,29,30)(H,34,35). The molecule has 192 valence electrons. The van der Waals surface area contributed by atoms with Crippen LogP contribution in [0.3, 0.4) is 0 Å². The number of rotatable bonds is 14. The maximum atomic E-state index is 12.7. The van der Waals surface area contributed by atoms with E-state index in [2.05, 4.69) is 16.0 Å². The number of carbonyl (C=O) groups excluding carboxylic acids is 4. The van der Waals surface area contributed by atoms with Crippen molar-refractivity contribution >= 4 is 35.6 Å². The number of hydrogen-bond donors (Lipinski definition) is 8. The molecule has 14 nitrogen and oxygen atoms in total. The summed E-state index contributed by atoms with van der Waals surface area (Å²) in [5.41, 5.74) is 11.2. The fraction of sp³-hybridized carbons (Fsp3) is 0.429. The summed E-state index contributed by atoms with van der Waals surface area (Å²) in [4.78, 5) is 70.8. The van der Waals surface area contributed by atoms with Gasteiger partial charge < -0.3 is 42.7 Å². The number of phenolic OH excluding ortho intramolecular Hbond substituents is 1. The number of carboxylic acids is 2. The van der Waals surface area contributed by atoms with E-state index in [0.717, 1.165) is 0 Å². The lowest BCUT2D eigenvalue weighted by Crippen LogP contribution is -2.57. The normalized spacial score (nSPS) is 14.0. The molecule has 14 heteroatoms. The van der Waals surface area contributed by atoms with Crippen LogP contribution < -0.4 is 27.4 Å². The van der Waals surface area contributed by atoms with E-state index >= 15 is 0 Å². The highest BCUT2D eigenvalue weighted by molar-refractivity contribution is 5.96. The van der Waals surface area contributed by atoms with Crippen molar-refractivity contribution < 1.29 is 44.1 Å². The molecular weight excluding hydrogens is 466 g/mol. The lowest BCUT2D eigenvalue weighted by molar-refractivity contribution is -0.142. The van der Waals surface area contributed by atoms with Gasteiger partial charge in [-0.1, -0.05) is 12.1 Å². The predicted octanol–water partition coefficient (Wildman–Crippen LogP) is -2.44. The number of aliphatic carboxylic acids is 2. The highest BCUT2D eigenvalue weighted by atomic mass is 16.4. The van der Waals surface area contributed by atoms with Crippen molar-refractivity contribution in [2.24, 2.45) is 11.5 Å². The van der Waals surface area contributed by atoms with Gasteiger partial charge in [-0.15, -0.1) is 0 Å². The number of carbonyl (C=O) groups is 6. The Morgan fingerprint density at radius 2 is 1.46 bits per heavy atom. The molecule has 35 heavy (non-hydrogen) atoms. The number of amides is 4. The van der Waals surface area contributed by atoms with Crippen LogP contribution in [0, 0.1) is 0 Å². The molecule has 4 amide bonds. The molecule has 0 saturated carbocycles. The van der Waals surface area contributed by atoms with Crippen molar-refractivity contribution in [1.82, 2.24) is 16.0 Å². The Kier molecular flexibility index (Phi) is 11.1. The lowest BCUT2D eigenvalue weighted by atomic mass is 10.0. The van der Waals surface area contributed by atoms with Crippen molar-refractivity contribution in [3.05, 3.63) is 29.8 Å². The smallest absolute Gasteiger partial charge is 0.326 e. The van der Waals surface area contributed by atoms with Gasteiger partial charge in [0.05, 0.1) is 12.5 Å².